The second kappa shape index (κ2) is 10.3. The molecule has 2 fully saturated rings. The van der Waals surface area contributed by atoms with Gasteiger partial charge in [0.1, 0.15) is 30.7 Å². The molecule has 6 N–H and O–H groups in total. The van der Waals surface area contributed by atoms with Crippen LogP contribution in [0.5, 0.6) is 0 Å². The lowest BCUT2D eigenvalue weighted by Gasteiger charge is -2.31. The van der Waals surface area contributed by atoms with Gasteiger partial charge in [-0.15, -0.1) is 0 Å². The minimum absolute atomic E-state index is 0.157. The number of ether oxygens (including phenoxy) is 3. The average molecular weight is 517 g/mol. The Kier molecular flexibility index (Phi) is 7.77. The zero-order chi connectivity index (χ0) is 25.4. The predicted octanol–water partition coefficient (Wildman–Crippen LogP) is -0.151. The smallest absolute Gasteiger partial charge is 0.359 e. The second-order valence-electron chi connectivity index (χ2n) is 9.11. The number of methoxy groups -OCH3 is 1. The van der Waals surface area contributed by atoms with Gasteiger partial charge in [0.05, 0.1) is 24.8 Å². The highest BCUT2D eigenvalue weighted by atomic mass is 31.2. The van der Waals surface area contributed by atoms with Gasteiger partial charge in [0, 0.05) is 13.2 Å². The van der Waals surface area contributed by atoms with Crippen LogP contribution in [0.15, 0.2) is 6.20 Å². The predicted molar refractivity (Wildman–Crippen MR) is 121 cm³/mol. The molecule has 15 heteroatoms. The number of aliphatic hydroxyl groups excluding tert-OH is 3. The molecular weight excluding hydrogens is 485 g/mol. The van der Waals surface area contributed by atoms with Crippen LogP contribution in [0.2, 0.25) is 0 Å². The van der Waals surface area contributed by atoms with Crippen LogP contribution in [-0.2, 0) is 25.4 Å². The number of aliphatic hydroxyl groups is 3. The number of nitrogens with one attached hydrogen (secondary N) is 1. The van der Waals surface area contributed by atoms with Crippen LogP contribution >= 0.6 is 7.60 Å². The normalized spacial score (nSPS) is 27.5. The maximum atomic E-state index is 11.9. The maximum Gasteiger partial charge on any atom is 0.359 e. The molecule has 1 saturated carbocycles. The molecule has 0 radical (unpaired) electrons. The molecule has 0 spiro atoms. The number of hydrogen-bond acceptors (Lipinski definition) is 11. The molecule has 4 rings (SSSR count). The van der Waals surface area contributed by atoms with Crippen LogP contribution in [0.1, 0.15) is 44.7 Å². The van der Waals surface area contributed by atoms with Gasteiger partial charge in [-0.25, -0.2) is 14.6 Å². The van der Waals surface area contributed by atoms with Gasteiger partial charge in [-0.2, -0.15) is 5.10 Å². The van der Waals surface area contributed by atoms with Crippen molar-refractivity contribution in [3.8, 4) is 0 Å². The number of nitrogens with zero attached hydrogens (tertiary/aromatic N) is 4. The van der Waals surface area contributed by atoms with Gasteiger partial charge in [0.15, 0.2) is 23.0 Å². The minimum Gasteiger partial charge on any atom is -0.388 e. The molecule has 0 bridgehead atoms. The maximum absolute atomic E-state index is 11.9. The summed E-state index contributed by atoms with van der Waals surface area (Å²) in [6.07, 6.45) is 0.607. The Morgan fingerprint density at radius 1 is 1.26 bits per heavy atom. The third-order valence-electron chi connectivity index (χ3n) is 6.50. The molecule has 1 aliphatic carbocycles. The molecule has 2 aromatic rings. The van der Waals surface area contributed by atoms with Gasteiger partial charge in [-0.05, 0) is 19.8 Å². The third-order valence-corrected chi connectivity index (χ3v) is 7.99. The minimum atomic E-state index is -4.73. The molecule has 2 aromatic heterocycles. The van der Waals surface area contributed by atoms with Gasteiger partial charge in [0.2, 0.25) is 0 Å². The van der Waals surface area contributed by atoms with Crippen molar-refractivity contribution in [3.63, 3.8) is 0 Å². The summed E-state index contributed by atoms with van der Waals surface area (Å²) in [6.45, 7) is -0.0361. The lowest BCUT2D eigenvalue weighted by Crippen LogP contribution is -2.40. The van der Waals surface area contributed by atoms with Crippen LogP contribution in [0.25, 0.3) is 11.0 Å². The van der Waals surface area contributed by atoms with Crippen molar-refractivity contribution in [3.05, 3.63) is 12.0 Å². The summed E-state index contributed by atoms with van der Waals surface area (Å²) in [5.41, 5.74) is 0.293. The highest BCUT2D eigenvalue weighted by Crippen LogP contribution is 2.51. The lowest BCUT2D eigenvalue weighted by atomic mass is 10.1. The Morgan fingerprint density at radius 3 is 2.60 bits per heavy atom. The van der Waals surface area contributed by atoms with Crippen molar-refractivity contribution in [2.24, 2.45) is 0 Å². The summed E-state index contributed by atoms with van der Waals surface area (Å²) in [5.74, 6) is 0.673. The first-order valence-corrected chi connectivity index (χ1v) is 13.0. The molecule has 1 saturated heterocycles. The zero-order valence-corrected chi connectivity index (χ0v) is 20.4. The van der Waals surface area contributed by atoms with Gasteiger partial charge in [-0.1, -0.05) is 12.8 Å². The van der Waals surface area contributed by atoms with Gasteiger partial charge < -0.3 is 44.6 Å². The van der Waals surface area contributed by atoms with Crippen molar-refractivity contribution in [1.82, 2.24) is 19.7 Å². The molecular formula is C20H32N5O9P. The van der Waals surface area contributed by atoms with E-state index in [2.05, 4.69) is 20.4 Å². The zero-order valence-electron chi connectivity index (χ0n) is 19.5. The Hall–Kier alpha value is -1.74. The third kappa shape index (κ3) is 5.22. The van der Waals surface area contributed by atoms with Crippen molar-refractivity contribution in [2.75, 3.05) is 25.6 Å². The molecule has 2 aliphatic rings. The van der Waals surface area contributed by atoms with E-state index in [1.54, 1.807) is 0 Å². The SMILES string of the molecule is COCC(C)(OC[C@H]1O[C@@H](n2ncc3c(NC4CCCC4)nc(CO)nc32)[C@H](O)[C@@H]1O)P(=O)(O)O. The summed E-state index contributed by atoms with van der Waals surface area (Å²) < 4.78 is 29.3. The van der Waals surface area contributed by atoms with E-state index in [9.17, 15) is 29.7 Å². The average Bonchev–Trinajstić information content (AvgIpc) is 3.53. The fourth-order valence-corrected chi connectivity index (χ4v) is 4.95. The molecule has 0 amide bonds. The summed E-state index contributed by atoms with van der Waals surface area (Å²) in [5, 5.41) is 37.2. The number of anilines is 1. The van der Waals surface area contributed by atoms with Gasteiger partial charge in [-0.3, -0.25) is 4.57 Å². The highest BCUT2D eigenvalue weighted by molar-refractivity contribution is 7.53. The molecule has 1 aliphatic heterocycles. The van der Waals surface area contributed by atoms with E-state index in [1.165, 1.54) is 24.9 Å². The Balaban J connectivity index is 1.57. The van der Waals surface area contributed by atoms with Crippen LogP contribution < -0.4 is 5.32 Å². The largest absolute Gasteiger partial charge is 0.388 e. The molecule has 1 unspecified atom stereocenters. The molecule has 14 nitrogen and oxygen atoms in total. The van der Waals surface area contributed by atoms with Gasteiger partial charge in [0.25, 0.3) is 0 Å². The molecule has 5 atom stereocenters. The first kappa shape index (κ1) is 26.3. The van der Waals surface area contributed by atoms with E-state index in [4.69, 9.17) is 14.2 Å². The van der Waals surface area contributed by atoms with Crippen molar-refractivity contribution >= 4 is 24.4 Å². The Labute approximate surface area is 201 Å². The fourth-order valence-electron chi connectivity index (χ4n) is 4.41. The van der Waals surface area contributed by atoms with Crippen LogP contribution in [0.3, 0.4) is 0 Å². The van der Waals surface area contributed by atoms with Gasteiger partial charge >= 0.3 is 7.60 Å². The standard InChI is InChI=1S/C20H32N5O9P/c1-20(10-32-2,35(29,30)31)33-9-13-15(27)16(28)19(34-13)25-18-12(7-21-25)17(23-14(8-26)24-18)22-11-5-3-4-6-11/h7,11,13,15-16,19,26-28H,3-6,8-10H2,1-2H3,(H,22,23,24)(H2,29,30,31)/t13-,15-,16-,19-,20?/m1/s1. The monoisotopic (exact) mass is 517 g/mol. The van der Waals surface area contributed by atoms with E-state index in [-0.39, 0.29) is 11.9 Å². The lowest BCUT2D eigenvalue weighted by molar-refractivity contribution is -0.107. The first-order valence-electron chi connectivity index (χ1n) is 11.4. The molecule has 0 aromatic carbocycles. The quantitative estimate of drug-likeness (QED) is 0.227. The van der Waals surface area contributed by atoms with Crippen LogP contribution in [0, 0.1) is 0 Å². The van der Waals surface area contributed by atoms with E-state index in [0.717, 1.165) is 25.7 Å². The fraction of sp³-hybridized carbons (Fsp3) is 0.750. The molecule has 196 valence electrons. The second-order valence-corrected chi connectivity index (χ2v) is 11.1. The van der Waals surface area contributed by atoms with E-state index < -0.39 is 57.3 Å². The summed E-state index contributed by atoms with van der Waals surface area (Å²) in [4.78, 5) is 28.0. The molecule has 3 heterocycles. The van der Waals surface area contributed by atoms with Crippen molar-refractivity contribution in [2.45, 2.75) is 75.1 Å². The topological polar surface area (TPSA) is 202 Å². The van der Waals surface area contributed by atoms with Crippen molar-refractivity contribution < 1.29 is 43.9 Å². The van der Waals surface area contributed by atoms with E-state index in [1.807, 2.05) is 0 Å². The van der Waals surface area contributed by atoms with Crippen LogP contribution in [0.4, 0.5) is 5.82 Å². The number of fused-ring (bicyclic) bond motifs is 1. The summed E-state index contributed by atoms with van der Waals surface area (Å²) in [6, 6.07) is 0.245. The number of rotatable bonds is 10. The van der Waals surface area contributed by atoms with Crippen molar-refractivity contribution in [1.29, 1.82) is 0 Å². The van der Waals surface area contributed by atoms with E-state index >= 15 is 0 Å². The first-order chi connectivity index (χ1) is 16.6. The van der Waals surface area contributed by atoms with E-state index in [0.29, 0.717) is 16.9 Å². The van der Waals surface area contributed by atoms with Crippen LogP contribution in [-0.4, -0.2) is 94.9 Å². The summed E-state index contributed by atoms with van der Waals surface area (Å²) >= 11 is 0. The summed E-state index contributed by atoms with van der Waals surface area (Å²) in [7, 11) is -3.45. The Morgan fingerprint density at radius 2 is 1.97 bits per heavy atom. The Bertz CT molecular complexity index is 1070. The number of aromatic nitrogens is 4. The molecule has 35 heavy (non-hydrogen) atoms. The number of hydrogen-bond donors (Lipinski definition) is 6. The highest BCUT2D eigenvalue weighted by Gasteiger charge is 2.49.